The van der Waals surface area contributed by atoms with Gasteiger partial charge in [0, 0.05) is 12.0 Å². The van der Waals surface area contributed by atoms with Crippen LogP contribution in [0.5, 0.6) is 0 Å². The Bertz CT molecular complexity index is 263. The van der Waals surface area contributed by atoms with Gasteiger partial charge in [0.05, 0.1) is 6.61 Å². The molecule has 1 rings (SSSR count). The van der Waals surface area contributed by atoms with Crippen molar-refractivity contribution in [1.82, 2.24) is 0 Å². The Balaban J connectivity index is 2.48. The first kappa shape index (κ1) is 10.8. The van der Waals surface area contributed by atoms with Crippen LogP contribution in [-0.2, 0) is 14.3 Å². The number of ether oxygens (including phenoxy) is 1. The van der Waals surface area contributed by atoms with E-state index in [-0.39, 0.29) is 18.3 Å². The lowest BCUT2D eigenvalue weighted by Crippen LogP contribution is -2.21. The average Bonchev–Trinajstić information content (AvgIpc) is 2.00. The maximum absolute atomic E-state index is 11.3. The summed E-state index contributed by atoms with van der Waals surface area (Å²) < 4.78 is 4.53. The molecular weight excluding hydrogens is 184 g/mol. The lowest BCUT2D eigenvalue weighted by atomic mass is 9.82. The third kappa shape index (κ3) is 2.58. The minimum absolute atomic E-state index is 0.00780. The molecule has 0 spiro atoms. The van der Waals surface area contributed by atoms with Crippen LogP contribution in [0.25, 0.3) is 0 Å². The summed E-state index contributed by atoms with van der Waals surface area (Å²) in [6.07, 6.45) is 3.73. The Kier molecular flexibility index (Phi) is 3.68. The predicted molar refractivity (Wildman–Crippen MR) is 49.7 cm³/mol. The molecule has 1 aliphatic rings. The van der Waals surface area contributed by atoms with Crippen molar-refractivity contribution in [2.24, 2.45) is 5.92 Å². The van der Waals surface area contributed by atoms with Crippen LogP contribution in [0, 0.1) is 5.92 Å². The van der Waals surface area contributed by atoms with Gasteiger partial charge in [0.2, 0.25) is 5.76 Å². The van der Waals surface area contributed by atoms with E-state index in [2.05, 4.69) is 4.74 Å². The van der Waals surface area contributed by atoms with Gasteiger partial charge in [-0.15, -0.1) is 0 Å². The number of aliphatic hydroxyl groups excluding tert-OH is 1. The number of carbonyl (C=O) groups is 2. The van der Waals surface area contributed by atoms with Gasteiger partial charge >= 0.3 is 5.97 Å². The molecule has 78 valence electrons. The molecule has 1 N–H and O–H groups in total. The van der Waals surface area contributed by atoms with Crippen LogP contribution in [0.1, 0.15) is 26.2 Å². The first-order chi connectivity index (χ1) is 6.65. The molecule has 0 saturated heterocycles. The van der Waals surface area contributed by atoms with E-state index in [9.17, 15) is 9.59 Å². The van der Waals surface area contributed by atoms with Crippen LogP contribution in [0.15, 0.2) is 11.8 Å². The van der Waals surface area contributed by atoms with Gasteiger partial charge in [0.25, 0.3) is 0 Å². The van der Waals surface area contributed by atoms with Crippen LogP contribution < -0.4 is 0 Å². The standard InChI is InChI=1S/C10H14O4/c1-2-14-10(13)9(12)6-8(11)7-4-3-5-7/h6-7,12H,2-5H2,1H3. The molecule has 4 nitrogen and oxygen atoms in total. The average molecular weight is 198 g/mol. The summed E-state index contributed by atoms with van der Waals surface area (Å²) in [5.74, 6) is -1.61. The lowest BCUT2D eigenvalue weighted by molar-refractivity contribution is -0.141. The van der Waals surface area contributed by atoms with Gasteiger partial charge in [-0.3, -0.25) is 4.79 Å². The summed E-state index contributed by atoms with van der Waals surface area (Å²) >= 11 is 0. The van der Waals surface area contributed by atoms with E-state index in [0.717, 1.165) is 25.3 Å². The van der Waals surface area contributed by atoms with Crippen LogP contribution in [-0.4, -0.2) is 23.5 Å². The molecule has 0 aromatic rings. The summed E-state index contributed by atoms with van der Waals surface area (Å²) in [6.45, 7) is 1.83. The Morgan fingerprint density at radius 1 is 1.50 bits per heavy atom. The van der Waals surface area contributed by atoms with Crippen molar-refractivity contribution in [1.29, 1.82) is 0 Å². The summed E-state index contributed by atoms with van der Waals surface area (Å²) in [7, 11) is 0. The highest BCUT2D eigenvalue weighted by molar-refractivity contribution is 5.99. The fourth-order valence-electron chi connectivity index (χ4n) is 1.21. The number of hydrogen-bond donors (Lipinski definition) is 1. The van der Waals surface area contributed by atoms with Crippen LogP contribution in [0.3, 0.4) is 0 Å². The zero-order valence-corrected chi connectivity index (χ0v) is 8.16. The maximum Gasteiger partial charge on any atom is 0.373 e. The third-order valence-electron chi connectivity index (χ3n) is 2.27. The van der Waals surface area contributed by atoms with E-state index in [1.807, 2.05) is 0 Å². The molecule has 0 unspecified atom stereocenters. The summed E-state index contributed by atoms with van der Waals surface area (Å²) in [6, 6.07) is 0. The number of esters is 1. The first-order valence-electron chi connectivity index (χ1n) is 4.76. The highest BCUT2D eigenvalue weighted by atomic mass is 16.5. The number of hydrogen-bond acceptors (Lipinski definition) is 4. The van der Waals surface area contributed by atoms with Crippen molar-refractivity contribution in [3.05, 3.63) is 11.8 Å². The molecule has 0 aromatic carbocycles. The van der Waals surface area contributed by atoms with E-state index in [0.29, 0.717) is 0 Å². The van der Waals surface area contributed by atoms with Crippen molar-refractivity contribution >= 4 is 11.8 Å². The quantitative estimate of drug-likeness (QED) is 0.421. The van der Waals surface area contributed by atoms with E-state index in [1.54, 1.807) is 6.92 Å². The summed E-state index contributed by atoms with van der Waals surface area (Å²) in [4.78, 5) is 22.2. The van der Waals surface area contributed by atoms with Crippen molar-refractivity contribution in [2.75, 3.05) is 6.61 Å². The van der Waals surface area contributed by atoms with E-state index >= 15 is 0 Å². The van der Waals surface area contributed by atoms with Gasteiger partial charge in [-0.2, -0.15) is 0 Å². The molecule has 0 heterocycles. The third-order valence-corrected chi connectivity index (χ3v) is 2.27. The fourth-order valence-corrected chi connectivity index (χ4v) is 1.21. The Morgan fingerprint density at radius 3 is 2.57 bits per heavy atom. The van der Waals surface area contributed by atoms with Gasteiger partial charge in [-0.25, -0.2) is 4.79 Å². The van der Waals surface area contributed by atoms with Gasteiger partial charge in [-0.05, 0) is 19.8 Å². The van der Waals surface area contributed by atoms with Gasteiger partial charge in [0.15, 0.2) is 5.78 Å². The second-order valence-electron chi connectivity index (χ2n) is 3.28. The topological polar surface area (TPSA) is 63.6 Å². The van der Waals surface area contributed by atoms with Crippen molar-refractivity contribution < 1.29 is 19.4 Å². The molecule has 1 fully saturated rings. The second kappa shape index (κ2) is 4.79. The normalized spacial score (nSPS) is 17.4. The van der Waals surface area contributed by atoms with Crippen LogP contribution in [0.2, 0.25) is 0 Å². The fraction of sp³-hybridized carbons (Fsp3) is 0.600. The molecule has 0 aromatic heterocycles. The van der Waals surface area contributed by atoms with Gasteiger partial charge in [-0.1, -0.05) is 6.42 Å². The van der Waals surface area contributed by atoms with Crippen molar-refractivity contribution in [3.63, 3.8) is 0 Å². The zero-order chi connectivity index (χ0) is 10.6. The van der Waals surface area contributed by atoms with Gasteiger partial charge < -0.3 is 9.84 Å². The number of allylic oxidation sites excluding steroid dienone is 1. The molecule has 0 amide bonds. The summed E-state index contributed by atoms with van der Waals surface area (Å²) in [5, 5.41) is 9.15. The van der Waals surface area contributed by atoms with Crippen molar-refractivity contribution in [2.45, 2.75) is 26.2 Å². The van der Waals surface area contributed by atoms with E-state index < -0.39 is 11.7 Å². The number of aliphatic hydroxyl groups is 1. The summed E-state index contributed by atoms with van der Waals surface area (Å²) in [5.41, 5.74) is 0. The first-order valence-corrected chi connectivity index (χ1v) is 4.76. The lowest BCUT2D eigenvalue weighted by Gasteiger charge is -2.22. The Morgan fingerprint density at radius 2 is 2.14 bits per heavy atom. The Labute approximate surface area is 82.6 Å². The molecular formula is C10H14O4. The minimum Gasteiger partial charge on any atom is -0.502 e. The monoisotopic (exact) mass is 198 g/mol. The molecule has 0 bridgehead atoms. The smallest absolute Gasteiger partial charge is 0.373 e. The number of carbonyl (C=O) groups excluding carboxylic acids is 2. The molecule has 0 radical (unpaired) electrons. The number of ketones is 1. The van der Waals surface area contributed by atoms with Crippen LogP contribution >= 0.6 is 0 Å². The Hall–Kier alpha value is -1.32. The minimum atomic E-state index is -0.833. The van der Waals surface area contributed by atoms with Gasteiger partial charge in [0.1, 0.15) is 0 Å². The molecule has 4 heteroatoms. The second-order valence-corrected chi connectivity index (χ2v) is 3.28. The number of rotatable bonds is 4. The molecule has 1 saturated carbocycles. The molecule has 1 aliphatic carbocycles. The predicted octanol–water partition coefficient (Wildman–Crippen LogP) is 1.36. The zero-order valence-electron chi connectivity index (χ0n) is 8.16. The van der Waals surface area contributed by atoms with E-state index in [4.69, 9.17) is 5.11 Å². The molecule has 0 atom stereocenters. The molecule has 14 heavy (non-hydrogen) atoms. The molecule has 0 aliphatic heterocycles. The van der Waals surface area contributed by atoms with Crippen LogP contribution in [0.4, 0.5) is 0 Å². The largest absolute Gasteiger partial charge is 0.502 e. The highest BCUT2D eigenvalue weighted by Gasteiger charge is 2.24. The SMILES string of the molecule is CCOC(=O)C(O)=CC(=O)C1CCC1. The highest BCUT2D eigenvalue weighted by Crippen LogP contribution is 2.27. The van der Waals surface area contributed by atoms with E-state index in [1.165, 1.54) is 0 Å². The van der Waals surface area contributed by atoms with Crippen molar-refractivity contribution in [3.8, 4) is 0 Å². The maximum atomic E-state index is 11.3.